The van der Waals surface area contributed by atoms with Crippen LogP contribution in [0.25, 0.3) is 0 Å². The Labute approximate surface area is 165 Å². The lowest BCUT2D eigenvalue weighted by atomic mass is 10.00. The van der Waals surface area contributed by atoms with Gasteiger partial charge in [0.2, 0.25) is 0 Å². The number of benzene rings is 2. The van der Waals surface area contributed by atoms with Crippen molar-refractivity contribution >= 4 is 15.7 Å². The van der Waals surface area contributed by atoms with Crippen LogP contribution in [0.15, 0.2) is 47.4 Å². The maximum atomic E-state index is 12.7. The third kappa shape index (κ3) is 4.11. The molecule has 0 aromatic heterocycles. The molecular formula is C21H26N2O4S. The number of fused-ring (bicyclic) bond motifs is 1. The Kier molecular flexibility index (Phi) is 6.17. The van der Waals surface area contributed by atoms with E-state index in [4.69, 9.17) is 0 Å². The fourth-order valence-electron chi connectivity index (χ4n) is 3.50. The topological polar surface area (TPSA) is 95.5 Å². The Morgan fingerprint density at radius 2 is 1.93 bits per heavy atom. The van der Waals surface area contributed by atoms with Gasteiger partial charge in [-0.3, -0.25) is 4.79 Å². The number of amides is 1. The van der Waals surface area contributed by atoms with Gasteiger partial charge in [0.1, 0.15) is 0 Å². The van der Waals surface area contributed by atoms with Gasteiger partial charge in [0.25, 0.3) is 5.91 Å². The first kappa shape index (κ1) is 20.5. The summed E-state index contributed by atoms with van der Waals surface area (Å²) < 4.78 is 23.9. The van der Waals surface area contributed by atoms with Crippen LogP contribution in [0.3, 0.4) is 0 Å². The van der Waals surface area contributed by atoms with Crippen molar-refractivity contribution in [2.45, 2.75) is 43.8 Å². The van der Waals surface area contributed by atoms with E-state index in [2.05, 4.69) is 17.6 Å². The van der Waals surface area contributed by atoms with Gasteiger partial charge in [0, 0.05) is 18.2 Å². The second kappa shape index (κ2) is 8.43. The molecule has 0 aliphatic carbocycles. The average Bonchev–Trinajstić information content (AvgIpc) is 3.14. The van der Waals surface area contributed by atoms with Crippen molar-refractivity contribution in [1.82, 2.24) is 10.6 Å². The van der Waals surface area contributed by atoms with Gasteiger partial charge >= 0.3 is 0 Å². The predicted octanol–water partition coefficient (Wildman–Crippen LogP) is 2.50. The highest BCUT2D eigenvalue weighted by molar-refractivity contribution is 7.91. The Hall–Kier alpha value is -2.22. The Morgan fingerprint density at radius 1 is 1.21 bits per heavy atom. The number of sulfone groups is 1. The first-order valence-electron chi connectivity index (χ1n) is 9.50. The highest BCUT2D eigenvalue weighted by Crippen LogP contribution is 2.28. The molecule has 3 N–H and O–H groups in total. The molecule has 0 saturated carbocycles. The molecule has 1 aliphatic rings. The lowest BCUT2D eigenvalue weighted by Crippen LogP contribution is -2.30. The minimum atomic E-state index is -3.28. The molecule has 7 heteroatoms. The Balaban J connectivity index is 1.75. The van der Waals surface area contributed by atoms with E-state index in [1.54, 1.807) is 25.1 Å². The lowest BCUT2D eigenvalue weighted by molar-refractivity contribution is 0.0916. The quantitative estimate of drug-likeness (QED) is 0.661. The number of carbonyl (C=O) groups excluding carboxylic acids is 1. The van der Waals surface area contributed by atoms with Crippen molar-refractivity contribution in [1.29, 1.82) is 0 Å². The van der Waals surface area contributed by atoms with Gasteiger partial charge in [0.15, 0.2) is 9.84 Å². The van der Waals surface area contributed by atoms with E-state index in [9.17, 15) is 18.3 Å². The summed E-state index contributed by atoms with van der Waals surface area (Å²) in [5, 5.41) is 16.0. The fraction of sp³-hybridized carbons (Fsp3) is 0.381. The standard InChI is InChI=1S/C21H26N2O4S/c1-3-19-18-10-7-15(11-16(18)12-22-19)21(25)23-20(13-24)14-5-8-17(9-6-14)28(26,27)4-2/h5-11,19-20,22,24H,3-4,12-13H2,1-2H3,(H,23,25)/t19-,20+/m0/s1. The molecule has 0 bridgehead atoms. The van der Waals surface area contributed by atoms with E-state index < -0.39 is 15.9 Å². The van der Waals surface area contributed by atoms with E-state index in [-0.39, 0.29) is 23.2 Å². The van der Waals surface area contributed by atoms with Gasteiger partial charge in [-0.25, -0.2) is 8.42 Å². The van der Waals surface area contributed by atoms with Crippen LogP contribution in [0.1, 0.15) is 59.4 Å². The smallest absolute Gasteiger partial charge is 0.251 e. The zero-order valence-corrected chi connectivity index (χ0v) is 16.9. The van der Waals surface area contributed by atoms with E-state index in [0.717, 1.165) is 18.5 Å². The van der Waals surface area contributed by atoms with Crippen molar-refractivity contribution in [3.05, 3.63) is 64.7 Å². The van der Waals surface area contributed by atoms with Crippen LogP contribution >= 0.6 is 0 Å². The van der Waals surface area contributed by atoms with Crippen molar-refractivity contribution in [2.75, 3.05) is 12.4 Å². The molecular weight excluding hydrogens is 376 g/mol. The number of hydrogen-bond donors (Lipinski definition) is 3. The van der Waals surface area contributed by atoms with E-state index >= 15 is 0 Å². The molecule has 6 nitrogen and oxygen atoms in total. The van der Waals surface area contributed by atoms with Crippen LogP contribution in [-0.4, -0.2) is 31.8 Å². The number of aliphatic hydroxyl groups is 1. The zero-order chi connectivity index (χ0) is 20.3. The van der Waals surface area contributed by atoms with E-state index in [0.29, 0.717) is 17.2 Å². The maximum absolute atomic E-state index is 12.7. The first-order valence-corrected chi connectivity index (χ1v) is 11.2. The monoisotopic (exact) mass is 402 g/mol. The molecule has 28 heavy (non-hydrogen) atoms. The van der Waals surface area contributed by atoms with Gasteiger partial charge < -0.3 is 15.7 Å². The number of aliphatic hydroxyl groups excluding tert-OH is 1. The van der Waals surface area contributed by atoms with Gasteiger partial charge in [0.05, 0.1) is 23.3 Å². The maximum Gasteiger partial charge on any atom is 0.251 e. The Morgan fingerprint density at radius 3 is 2.54 bits per heavy atom. The molecule has 0 spiro atoms. The zero-order valence-electron chi connectivity index (χ0n) is 16.1. The summed E-state index contributed by atoms with van der Waals surface area (Å²) in [7, 11) is -3.28. The molecule has 0 fully saturated rings. The summed E-state index contributed by atoms with van der Waals surface area (Å²) in [4.78, 5) is 12.9. The molecule has 2 atom stereocenters. The summed E-state index contributed by atoms with van der Waals surface area (Å²) in [6, 6.07) is 11.7. The van der Waals surface area contributed by atoms with Crippen molar-refractivity contribution in [3.63, 3.8) is 0 Å². The first-order chi connectivity index (χ1) is 13.4. The van der Waals surface area contributed by atoms with Crippen LogP contribution in [0.5, 0.6) is 0 Å². The Bertz CT molecular complexity index is 955. The molecule has 1 aliphatic heterocycles. The van der Waals surface area contributed by atoms with Crippen molar-refractivity contribution in [2.24, 2.45) is 0 Å². The molecule has 2 aromatic carbocycles. The van der Waals surface area contributed by atoms with Crippen molar-refractivity contribution in [3.8, 4) is 0 Å². The largest absolute Gasteiger partial charge is 0.394 e. The normalized spacial score (nSPS) is 17.2. The number of hydrogen-bond acceptors (Lipinski definition) is 5. The third-order valence-corrected chi connectivity index (χ3v) is 6.99. The number of carbonyl (C=O) groups is 1. The van der Waals surface area contributed by atoms with Gasteiger partial charge in [-0.1, -0.05) is 32.0 Å². The van der Waals surface area contributed by atoms with Crippen molar-refractivity contribution < 1.29 is 18.3 Å². The summed E-state index contributed by atoms with van der Waals surface area (Å²) >= 11 is 0. The second-order valence-electron chi connectivity index (χ2n) is 6.94. The minimum Gasteiger partial charge on any atom is -0.394 e. The van der Waals surface area contributed by atoms with Gasteiger partial charge in [-0.15, -0.1) is 0 Å². The van der Waals surface area contributed by atoms with Gasteiger partial charge in [-0.2, -0.15) is 0 Å². The number of rotatable bonds is 7. The number of nitrogens with one attached hydrogen (secondary N) is 2. The van der Waals surface area contributed by atoms with Crippen LogP contribution in [0.2, 0.25) is 0 Å². The van der Waals surface area contributed by atoms with Gasteiger partial charge in [-0.05, 0) is 47.4 Å². The minimum absolute atomic E-state index is 0.0264. The van der Waals surface area contributed by atoms with Crippen LogP contribution in [0.4, 0.5) is 0 Å². The molecule has 2 aromatic rings. The fourth-order valence-corrected chi connectivity index (χ4v) is 4.38. The van der Waals surface area contributed by atoms with E-state index in [1.165, 1.54) is 17.7 Å². The van der Waals surface area contributed by atoms with Crippen LogP contribution in [-0.2, 0) is 16.4 Å². The molecule has 0 saturated heterocycles. The SMILES string of the molecule is CC[C@@H]1NCc2cc(C(=O)N[C@H](CO)c3ccc(S(=O)(=O)CC)cc3)ccc21. The molecule has 0 radical (unpaired) electrons. The lowest BCUT2D eigenvalue weighted by Gasteiger charge is -2.18. The summed E-state index contributed by atoms with van der Waals surface area (Å²) in [6.45, 7) is 4.17. The van der Waals surface area contributed by atoms with Crippen LogP contribution < -0.4 is 10.6 Å². The highest BCUT2D eigenvalue weighted by Gasteiger charge is 2.22. The highest BCUT2D eigenvalue weighted by atomic mass is 32.2. The van der Waals surface area contributed by atoms with E-state index in [1.807, 2.05) is 12.1 Å². The summed E-state index contributed by atoms with van der Waals surface area (Å²) in [6.07, 6.45) is 0.995. The second-order valence-corrected chi connectivity index (χ2v) is 9.21. The average molecular weight is 403 g/mol. The molecule has 150 valence electrons. The molecule has 1 heterocycles. The summed E-state index contributed by atoms with van der Waals surface area (Å²) in [5.74, 6) is -0.245. The third-order valence-electron chi connectivity index (χ3n) is 5.24. The molecule has 3 rings (SSSR count). The molecule has 0 unspecified atom stereocenters. The summed E-state index contributed by atoms with van der Waals surface area (Å²) in [5.41, 5.74) is 3.54. The predicted molar refractivity (Wildman–Crippen MR) is 108 cm³/mol. The van der Waals surface area contributed by atoms with Crippen LogP contribution in [0, 0.1) is 0 Å². The molecule has 1 amide bonds.